The molecule has 0 aromatic heterocycles. The van der Waals surface area contributed by atoms with Crippen molar-refractivity contribution in [2.75, 3.05) is 26.2 Å². The molecule has 3 N–H and O–H groups in total. The lowest BCUT2D eigenvalue weighted by molar-refractivity contribution is -0.152. The highest BCUT2D eigenvalue weighted by Crippen LogP contribution is 2.24. The summed E-state index contributed by atoms with van der Waals surface area (Å²) in [5.41, 5.74) is -2.37. The van der Waals surface area contributed by atoms with Crippen LogP contribution in [0, 0.1) is 0 Å². The number of aliphatic carboxylic acids is 1. The molecule has 0 atom stereocenters. The van der Waals surface area contributed by atoms with Gasteiger partial charge in [0.15, 0.2) is 5.54 Å². The van der Waals surface area contributed by atoms with Gasteiger partial charge < -0.3 is 24.8 Å². The third-order valence-corrected chi connectivity index (χ3v) is 3.47. The van der Waals surface area contributed by atoms with Gasteiger partial charge in [0.05, 0.1) is 13.1 Å². The maximum atomic E-state index is 11.9. The molecule has 2 amide bonds. The van der Waals surface area contributed by atoms with E-state index in [0.717, 1.165) is 0 Å². The van der Waals surface area contributed by atoms with Crippen molar-refractivity contribution in [1.29, 1.82) is 0 Å². The van der Waals surface area contributed by atoms with Crippen molar-refractivity contribution in [3.8, 4) is 0 Å². The fourth-order valence-corrected chi connectivity index (χ4v) is 2.30. The van der Waals surface area contributed by atoms with Crippen LogP contribution in [-0.4, -0.2) is 71.1 Å². The van der Waals surface area contributed by atoms with Crippen LogP contribution < -0.4 is 10.6 Å². The Morgan fingerprint density at radius 3 is 2.00 bits per heavy atom. The number of carbonyl (C=O) groups is 3. The Bertz CT molecular complexity index is 530. The van der Waals surface area contributed by atoms with Gasteiger partial charge in [0.25, 0.3) is 0 Å². The van der Waals surface area contributed by atoms with E-state index in [-0.39, 0.29) is 13.1 Å². The SMILES string of the molecule is CC(C)(C)OC(=O)NCCCNC1(C(=O)O)CN(C(=O)OC(C)(C)C)C1. The van der Waals surface area contributed by atoms with Crippen LogP contribution >= 0.6 is 0 Å². The van der Waals surface area contributed by atoms with Gasteiger partial charge in [-0.05, 0) is 54.5 Å². The molecule has 1 saturated heterocycles. The average molecular weight is 373 g/mol. The molecule has 0 aromatic rings. The Balaban J connectivity index is 2.35. The zero-order valence-corrected chi connectivity index (χ0v) is 16.5. The van der Waals surface area contributed by atoms with Gasteiger partial charge >= 0.3 is 18.2 Å². The lowest BCUT2D eigenvalue weighted by atomic mass is 9.90. The van der Waals surface area contributed by atoms with E-state index in [9.17, 15) is 19.5 Å². The molecule has 0 aromatic carbocycles. The summed E-state index contributed by atoms with van der Waals surface area (Å²) >= 11 is 0. The summed E-state index contributed by atoms with van der Waals surface area (Å²) in [6.45, 7) is 11.4. The number of hydrogen-bond donors (Lipinski definition) is 3. The van der Waals surface area contributed by atoms with E-state index >= 15 is 0 Å². The monoisotopic (exact) mass is 373 g/mol. The molecule has 0 saturated carbocycles. The second-order valence-electron chi connectivity index (χ2n) is 8.43. The number of nitrogens with zero attached hydrogens (tertiary/aromatic N) is 1. The summed E-state index contributed by atoms with van der Waals surface area (Å²) < 4.78 is 10.3. The molecule has 0 radical (unpaired) electrons. The third-order valence-electron chi connectivity index (χ3n) is 3.47. The molecule has 1 aliphatic heterocycles. The topological polar surface area (TPSA) is 117 Å². The van der Waals surface area contributed by atoms with E-state index < -0.39 is 34.9 Å². The Hall–Kier alpha value is -2.03. The third kappa shape index (κ3) is 7.07. The number of carbonyl (C=O) groups excluding carboxylic acids is 2. The fraction of sp³-hybridized carbons (Fsp3) is 0.824. The number of rotatable bonds is 6. The van der Waals surface area contributed by atoms with Crippen molar-refractivity contribution in [3.63, 3.8) is 0 Å². The van der Waals surface area contributed by atoms with Gasteiger partial charge in [0.1, 0.15) is 11.2 Å². The molecule has 0 aliphatic carbocycles. The Morgan fingerprint density at radius 2 is 1.54 bits per heavy atom. The first-order valence-electron chi connectivity index (χ1n) is 8.67. The van der Waals surface area contributed by atoms with Gasteiger partial charge in [-0.25, -0.2) is 9.59 Å². The number of hydrogen-bond acceptors (Lipinski definition) is 6. The highest BCUT2D eigenvalue weighted by molar-refractivity contribution is 5.84. The highest BCUT2D eigenvalue weighted by atomic mass is 16.6. The van der Waals surface area contributed by atoms with Crippen molar-refractivity contribution in [2.45, 2.75) is 64.7 Å². The second-order valence-corrected chi connectivity index (χ2v) is 8.43. The summed E-state index contributed by atoms with van der Waals surface area (Å²) in [5, 5.41) is 15.0. The van der Waals surface area contributed by atoms with Crippen molar-refractivity contribution in [1.82, 2.24) is 15.5 Å². The number of amides is 2. The molecule has 9 heteroatoms. The summed E-state index contributed by atoms with van der Waals surface area (Å²) in [6.07, 6.45) is -0.506. The minimum absolute atomic E-state index is 0.0384. The smallest absolute Gasteiger partial charge is 0.410 e. The van der Waals surface area contributed by atoms with Gasteiger partial charge in [-0.1, -0.05) is 0 Å². The minimum atomic E-state index is -1.18. The summed E-state index contributed by atoms with van der Waals surface area (Å²) in [4.78, 5) is 36.4. The van der Waals surface area contributed by atoms with Gasteiger partial charge in [0, 0.05) is 6.54 Å². The van der Waals surface area contributed by atoms with Crippen LogP contribution in [0.1, 0.15) is 48.0 Å². The molecule has 0 bridgehead atoms. The van der Waals surface area contributed by atoms with Crippen LogP contribution in [0.3, 0.4) is 0 Å². The molecule has 9 nitrogen and oxygen atoms in total. The van der Waals surface area contributed by atoms with Gasteiger partial charge in [-0.2, -0.15) is 0 Å². The average Bonchev–Trinajstić information content (AvgIpc) is 2.35. The standard InChI is InChI=1S/C17H31N3O6/c1-15(2,3)25-13(23)18-8-7-9-19-17(12(21)22)10-20(11-17)14(24)26-16(4,5)6/h19H,7-11H2,1-6H3,(H,18,23)(H,21,22). The molecule has 150 valence electrons. The summed E-state index contributed by atoms with van der Waals surface area (Å²) in [6, 6.07) is 0. The van der Waals surface area contributed by atoms with E-state index in [4.69, 9.17) is 9.47 Å². The summed E-state index contributed by atoms with van der Waals surface area (Å²) in [5.74, 6) is -1.02. The number of ether oxygens (including phenoxy) is 2. The maximum absolute atomic E-state index is 11.9. The molecule has 0 spiro atoms. The lowest BCUT2D eigenvalue weighted by Gasteiger charge is -2.47. The van der Waals surface area contributed by atoms with E-state index in [1.165, 1.54) is 4.90 Å². The minimum Gasteiger partial charge on any atom is -0.480 e. The zero-order valence-electron chi connectivity index (χ0n) is 16.5. The second kappa shape index (κ2) is 8.11. The summed E-state index contributed by atoms with van der Waals surface area (Å²) in [7, 11) is 0. The molecule has 1 fully saturated rings. The molecular weight excluding hydrogens is 342 g/mol. The first-order valence-corrected chi connectivity index (χ1v) is 8.67. The number of alkyl carbamates (subject to hydrolysis) is 1. The van der Waals surface area contributed by atoms with Crippen LogP contribution in [-0.2, 0) is 14.3 Å². The first-order chi connectivity index (χ1) is 11.7. The predicted octanol–water partition coefficient (Wildman–Crippen LogP) is 1.56. The van der Waals surface area contributed by atoms with Gasteiger partial charge in [-0.15, -0.1) is 0 Å². The highest BCUT2D eigenvalue weighted by Gasteiger charge is 2.52. The van der Waals surface area contributed by atoms with Crippen LogP contribution in [0.5, 0.6) is 0 Å². The van der Waals surface area contributed by atoms with Crippen LogP contribution in [0.15, 0.2) is 0 Å². The predicted molar refractivity (Wildman–Crippen MR) is 95.0 cm³/mol. The van der Waals surface area contributed by atoms with Crippen molar-refractivity contribution >= 4 is 18.2 Å². The quantitative estimate of drug-likeness (QED) is 0.605. The molecule has 0 unspecified atom stereocenters. The number of carboxylic acids is 1. The largest absolute Gasteiger partial charge is 0.480 e. The normalized spacial score (nSPS) is 16.5. The van der Waals surface area contributed by atoms with E-state index in [2.05, 4.69) is 10.6 Å². The Morgan fingerprint density at radius 1 is 1.00 bits per heavy atom. The van der Waals surface area contributed by atoms with Crippen molar-refractivity contribution < 1.29 is 29.0 Å². The zero-order chi connectivity index (χ0) is 20.2. The van der Waals surface area contributed by atoms with E-state index in [1.807, 2.05) is 0 Å². The van der Waals surface area contributed by atoms with Crippen LogP contribution in [0.4, 0.5) is 9.59 Å². The first kappa shape index (κ1) is 22.0. The van der Waals surface area contributed by atoms with E-state index in [1.54, 1.807) is 41.5 Å². The number of likely N-dealkylation sites (tertiary alicyclic amines) is 1. The molecular formula is C17H31N3O6. The Kier molecular flexibility index (Phi) is 6.87. The number of nitrogens with one attached hydrogen (secondary N) is 2. The fourth-order valence-electron chi connectivity index (χ4n) is 2.30. The maximum Gasteiger partial charge on any atom is 0.410 e. The van der Waals surface area contributed by atoms with Crippen molar-refractivity contribution in [3.05, 3.63) is 0 Å². The Labute approximate surface area is 154 Å². The van der Waals surface area contributed by atoms with Crippen LogP contribution in [0.25, 0.3) is 0 Å². The number of carboxylic acid groups (broad SMARTS) is 1. The van der Waals surface area contributed by atoms with E-state index in [0.29, 0.717) is 19.5 Å². The molecule has 26 heavy (non-hydrogen) atoms. The van der Waals surface area contributed by atoms with Gasteiger partial charge in [-0.3, -0.25) is 10.1 Å². The van der Waals surface area contributed by atoms with Crippen molar-refractivity contribution in [2.24, 2.45) is 0 Å². The van der Waals surface area contributed by atoms with Crippen LogP contribution in [0.2, 0.25) is 0 Å². The van der Waals surface area contributed by atoms with Gasteiger partial charge in [0.2, 0.25) is 0 Å². The lowest BCUT2D eigenvalue weighted by Crippen LogP contribution is -2.74. The molecule has 1 heterocycles. The molecule has 1 rings (SSSR count). The molecule has 1 aliphatic rings.